The Morgan fingerprint density at radius 1 is 1.40 bits per heavy atom. The summed E-state index contributed by atoms with van der Waals surface area (Å²) < 4.78 is 7.77. The van der Waals surface area contributed by atoms with Crippen molar-refractivity contribution in [2.45, 2.75) is 31.9 Å². The summed E-state index contributed by atoms with van der Waals surface area (Å²) in [7, 11) is 0. The number of hydrogen-bond acceptors (Lipinski definition) is 4. The number of fused-ring (bicyclic) bond motifs is 1. The summed E-state index contributed by atoms with van der Waals surface area (Å²) in [5, 5.41) is 2.79. The lowest BCUT2D eigenvalue weighted by Gasteiger charge is -2.34. The van der Waals surface area contributed by atoms with Crippen LogP contribution in [0.5, 0.6) is 5.75 Å². The number of carbonyl (C=O) groups is 2. The molecule has 0 radical (unpaired) electrons. The van der Waals surface area contributed by atoms with Gasteiger partial charge in [0.15, 0.2) is 11.9 Å². The molecule has 2 aliphatic rings. The summed E-state index contributed by atoms with van der Waals surface area (Å²) in [6.07, 6.45) is 6.84. The fourth-order valence-electron chi connectivity index (χ4n) is 3.43. The Balaban J connectivity index is 1.59. The van der Waals surface area contributed by atoms with Crippen molar-refractivity contribution in [3.63, 3.8) is 0 Å². The molecule has 0 unspecified atom stereocenters. The molecule has 4 rings (SSSR count). The molecule has 1 saturated heterocycles. The highest BCUT2D eigenvalue weighted by atomic mass is 16.5. The quantitative estimate of drug-likeness (QED) is 0.908. The lowest BCUT2D eigenvalue weighted by molar-refractivity contribution is -0.122. The monoisotopic (exact) mass is 340 g/mol. The summed E-state index contributed by atoms with van der Waals surface area (Å²) in [5.74, 6) is 0.199. The SMILES string of the molecule is C[C@@H]1Oc2c(cccc2C(=O)N2CCC[C@H](n3ccnc3)C2)NC1=O. The highest BCUT2D eigenvalue weighted by Gasteiger charge is 2.31. The summed E-state index contributed by atoms with van der Waals surface area (Å²) in [6, 6.07) is 5.51. The van der Waals surface area contributed by atoms with Crippen LogP contribution in [0.15, 0.2) is 36.9 Å². The van der Waals surface area contributed by atoms with Crippen molar-refractivity contribution in [1.82, 2.24) is 14.5 Å². The predicted octanol–water partition coefficient (Wildman–Crippen LogP) is 2.08. The fraction of sp³-hybridized carbons (Fsp3) is 0.389. The van der Waals surface area contributed by atoms with Crippen LogP contribution in [0.4, 0.5) is 5.69 Å². The number of likely N-dealkylation sites (tertiary alicyclic amines) is 1. The van der Waals surface area contributed by atoms with Gasteiger partial charge in [0.05, 0.1) is 23.6 Å². The number of anilines is 1. The number of nitrogens with one attached hydrogen (secondary N) is 1. The number of benzene rings is 1. The van der Waals surface area contributed by atoms with Gasteiger partial charge in [-0.05, 0) is 31.9 Å². The maximum Gasteiger partial charge on any atom is 0.265 e. The van der Waals surface area contributed by atoms with Crippen LogP contribution in [0, 0.1) is 0 Å². The standard InChI is InChI=1S/C18H20N4O3/c1-12-17(23)20-15-6-2-5-14(16(15)25-12)18(24)21-8-3-4-13(10-21)22-9-7-19-11-22/h2,5-7,9,11-13H,3-4,8,10H2,1H3,(H,20,23)/t12-,13-/m0/s1. The van der Waals surface area contributed by atoms with Crippen molar-refractivity contribution in [2.24, 2.45) is 0 Å². The van der Waals surface area contributed by atoms with E-state index in [-0.39, 0.29) is 17.9 Å². The van der Waals surface area contributed by atoms with Crippen molar-refractivity contribution in [3.05, 3.63) is 42.5 Å². The third-order valence-corrected chi connectivity index (χ3v) is 4.80. The first-order valence-corrected chi connectivity index (χ1v) is 8.51. The van der Waals surface area contributed by atoms with E-state index in [9.17, 15) is 9.59 Å². The molecule has 0 spiro atoms. The molecule has 7 heteroatoms. The first-order chi connectivity index (χ1) is 12.1. The van der Waals surface area contributed by atoms with Gasteiger partial charge in [-0.25, -0.2) is 4.98 Å². The van der Waals surface area contributed by atoms with Crippen LogP contribution in [0.1, 0.15) is 36.2 Å². The number of hydrogen-bond donors (Lipinski definition) is 1. The number of aromatic nitrogens is 2. The Morgan fingerprint density at radius 3 is 3.08 bits per heavy atom. The van der Waals surface area contributed by atoms with Crippen LogP contribution in [-0.2, 0) is 4.79 Å². The molecule has 1 N–H and O–H groups in total. The average molecular weight is 340 g/mol. The van der Waals surface area contributed by atoms with E-state index in [4.69, 9.17) is 4.74 Å². The molecule has 1 aromatic carbocycles. The molecule has 0 bridgehead atoms. The zero-order valence-corrected chi connectivity index (χ0v) is 14.0. The number of imidazole rings is 1. The van der Waals surface area contributed by atoms with Crippen LogP contribution in [0.25, 0.3) is 0 Å². The predicted molar refractivity (Wildman–Crippen MR) is 91.6 cm³/mol. The van der Waals surface area contributed by atoms with Crippen LogP contribution >= 0.6 is 0 Å². The molecular weight excluding hydrogens is 320 g/mol. The van der Waals surface area contributed by atoms with Crippen LogP contribution in [0.3, 0.4) is 0 Å². The van der Waals surface area contributed by atoms with Crippen LogP contribution in [0.2, 0.25) is 0 Å². The number of nitrogens with zero attached hydrogens (tertiary/aromatic N) is 3. The smallest absolute Gasteiger partial charge is 0.265 e. The van der Waals surface area contributed by atoms with Crippen molar-refractivity contribution in [2.75, 3.05) is 18.4 Å². The van der Waals surface area contributed by atoms with Gasteiger partial charge in [-0.1, -0.05) is 6.07 Å². The number of ether oxygens (including phenoxy) is 1. The molecule has 25 heavy (non-hydrogen) atoms. The lowest BCUT2D eigenvalue weighted by atomic mass is 10.0. The molecule has 0 saturated carbocycles. The van der Waals surface area contributed by atoms with E-state index in [2.05, 4.69) is 14.9 Å². The summed E-state index contributed by atoms with van der Waals surface area (Å²) >= 11 is 0. The largest absolute Gasteiger partial charge is 0.478 e. The second-order valence-corrected chi connectivity index (χ2v) is 6.49. The van der Waals surface area contributed by atoms with Gasteiger partial charge < -0.3 is 19.5 Å². The van der Waals surface area contributed by atoms with E-state index in [1.165, 1.54) is 0 Å². The highest BCUT2D eigenvalue weighted by Crippen LogP contribution is 2.35. The average Bonchev–Trinajstić information content (AvgIpc) is 3.16. The second-order valence-electron chi connectivity index (χ2n) is 6.49. The molecular formula is C18H20N4O3. The normalized spacial score (nSPS) is 22.8. The van der Waals surface area contributed by atoms with E-state index in [0.29, 0.717) is 23.5 Å². The third kappa shape index (κ3) is 2.86. The van der Waals surface area contributed by atoms with Gasteiger partial charge in [0.2, 0.25) is 0 Å². The first kappa shape index (κ1) is 15.7. The molecule has 0 aliphatic carbocycles. The van der Waals surface area contributed by atoms with Crippen LogP contribution in [-0.4, -0.2) is 45.5 Å². The van der Waals surface area contributed by atoms with Gasteiger partial charge in [-0.15, -0.1) is 0 Å². The summed E-state index contributed by atoms with van der Waals surface area (Å²) in [4.78, 5) is 30.8. The molecule has 2 aromatic rings. The van der Waals surface area contributed by atoms with Gasteiger partial charge in [-0.3, -0.25) is 9.59 Å². The fourth-order valence-corrected chi connectivity index (χ4v) is 3.43. The Kier molecular flexibility index (Phi) is 3.91. The van der Waals surface area contributed by atoms with Crippen molar-refractivity contribution >= 4 is 17.5 Å². The van der Waals surface area contributed by atoms with Gasteiger partial charge in [0.25, 0.3) is 11.8 Å². The maximum absolute atomic E-state index is 13.1. The molecule has 1 aromatic heterocycles. The highest BCUT2D eigenvalue weighted by molar-refractivity contribution is 6.04. The third-order valence-electron chi connectivity index (χ3n) is 4.80. The maximum atomic E-state index is 13.1. The Labute approximate surface area is 145 Å². The van der Waals surface area contributed by atoms with Crippen molar-refractivity contribution < 1.29 is 14.3 Å². The Bertz CT molecular complexity index is 803. The van der Waals surface area contributed by atoms with E-state index in [1.807, 2.05) is 11.1 Å². The minimum Gasteiger partial charge on any atom is -0.478 e. The topological polar surface area (TPSA) is 76.5 Å². The first-order valence-electron chi connectivity index (χ1n) is 8.51. The van der Waals surface area contributed by atoms with Crippen molar-refractivity contribution in [1.29, 1.82) is 0 Å². The molecule has 130 valence electrons. The van der Waals surface area contributed by atoms with Gasteiger partial charge in [0.1, 0.15) is 0 Å². The minimum absolute atomic E-state index is 0.0648. The van der Waals surface area contributed by atoms with Gasteiger partial charge in [-0.2, -0.15) is 0 Å². The molecule has 2 aliphatic heterocycles. The van der Waals surface area contributed by atoms with Crippen molar-refractivity contribution in [3.8, 4) is 5.75 Å². The molecule has 1 fully saturated rings. The van der Waals surface area contributed by atoms with E-state index in [1.54, 1.807) is 37.6 Å². The van der Waals surface area contributed by atoms with E-state index in [0.717, 1.165) is 19.4 Å². The molecule has 3 heterocycles. The van der Waals surface area contributed by atoms with E-state index < -0.39 is 6.10 Å². The molecule has 7 nitrogen and oxygen atoms in total. The Hall–Kier alpha value is -2.83. The minimum atomic E-state index is -0.610. The lowest BCUT2D eigenvalue weighted by Crippen LogP contribution is -2.41. The number of rotatable bonds is 2. The van der Waals surface area contributed by atoms with Gasteiger partial charge in [0, 0.05) is 25.5 Å². The number of amides is 2. The zero-order valence-electron chi connectivity index (χ0n) is 14.0. The molecule has 2 atom stereocenters. The van der Waals surface area contributed by atoms with E-state index >= 15 is 0 Å². The summed E-state index contributed by atoms with van der Waals surface area (Å²) in [6.45, 7) is 3.03. The zero-order chi connectivity index (χ0) is 17.4. The van der Waals surface area contributed by atoms with Gasteiger partial charge >= 0.3 is 0 Å². The second kappa shape index (κ2) is 6.23. The Morgan fingerprint density at radius 2 is 2.28 bits per heavy atom. The number of para-hydroxylation sites is 1. The van der Waals surface area contributed by atoms with Crippen LogP contribution < -0.4 is 10.1 Å². The number of carbonyl (C=O) groups excluding carboxylic acids is 2. The number of piperidine rings is 1. The molecule has 2 amide bonds. The summed E-state index contributed by atoms with van der Waals surface area (Å²) in [5.41, 5.74) is 1.05.